The molecular formula is C17H16ClN5O2S2. The number of hydrogen-bond donors (Lipinski definition) is 2. The number of benzene rings is 1. The van der Waals surface area contributed by atoms with Crippen LogP contribution in [-0.2, 0) is 11.3 Å². The van der Waals surface area contributed by atoms with Gasteiger partial charge >= 0.3 is 5.97 Å². The molecule has 0 fully saturated rings. The van der Waals surface area contributed by atoms with Crippen LogP contribution in [0.15, 0.2) is 36.7 Å². The fourth-order valence-electron chi connectivity index (χ4n) is 2.31. The molecule has 2 heterocycles. The van der Waals surface area contributed by atoms with Crippen molar-refractivity contribution in [2.75, 3.05) is 17.7 Å². The van der Waals surface area contributed by atoms with Gasteiger partial charge in [0, 0.05) is 9.90 Å². The van der Waals surface area contributed by atoms with Crippen LogP contribution in [0.25, 0.3) is 0 Å². The highest BCUT2D eigenvalue weighted by molar-refractivity contribution is 7.80. The number of thiophene rings is 1. The lowest BCUT2D eigenvalue weighted by molar-refractivity contribution is 0.0602. The third-order valence-electron chi connectivity index (χ3n) is 3.51. The molecule has 0 saturated carbocycles. The zero-order valence-corrected chi connectivity index (χ0v) is 16.9. The van der Waals surface area contributed by atoms with Crippen molar-refractivity contribution in [3.8, 4) is 0 Å². The maximum absolute atomic E-state index is 11.8. The van der Waals surface area contributed by atoms with Gasteiger partial charge in [-0.05, 0) is 42.9 Å². The summed E-state index contributed by atoms with van der Waals surface area (Å²) in [6.07, 6.45) is 1.61. The molecular weight excluding hydrogens is 406 g/mol. The minimum atomic E-state index is -0.421. The summed E-state index contributed by atoms with van der Waals surface area (Å²) in [7, 11) is 1.34. The van der Waals surface area contributed by atoms with Crippen LogP contribution in [0.4, 0.5) is 10.9 Å². The molecule has 0 spiro atoms. The summed E-state index contributed by atoms with van der Waals surface area (Å²) in [6.45, 7) is 2.46. The Labute approximate surface area is 170 Å². The molecule has 3 rings (SSSR count). The fourth-order valence-corrected chi connectivity index (χ4v) is 3.60. The molecule has 0 aliphatic rings. The van der Waals surface area contributed by atoms with Gasteiger partial charge in [0.25, 0.3) is 0 Å². The highest BCUT2D eigenvalue weighted by Gasteiger charge is 2.16. The second-order valence-electron chi connectivity index (χ2n) is 5.56. The van der Waals surface area contributed by atoms with Crippen LogP contribution in [0, 0.1) is 6.92 Å². The van der Waals surface area contributed by atoms with E-state index in [-0.39, 0.29) is 5.11 Å². The largest absolute Gasteiger partial charge is 0.465 e. The Kier molecular flexibility index (Phi) is 6.04. The van der Waals surface area contributed by atoms with E-state index in [0.29, 0.717) is 28.1 Å². The summed E-state index contributed by atoms with van der Waals surface area (Å²) >= 11 is 12.6. The number of anilines is 2. The van der Waals surface area contributed by atoms with Gasteiger partial charge < -0.3 is 10.1 Å². The van der Waals surface area contributed by atoms with Crippen LogP contribution in [-0.4, -0.2) is 33.0 Å². The maximum Gasteiger partial charge on any atom is 0.340 e. The SMILES string of the molecule is COC(=O)c1cc(C)sc1NC(=S)Nc1ncn(Cc2ccc(Cl)cc2)n1. The van der Waals surface area contributed by atoms with E-state index in [0.717, 1.165) is 10.4 Å². The molecule has 140 valence electrons. The van der Waals surface area contributed by atoms with E-state index in [4.69, 9.17) is 28.6 Å². The summed E-state index contributed by atoms with van der Waals surface area (Å²) in [4.78, 5) is 17.0. The third kappa shape index (κ3) is 5.03. The molecule has 0 aliphatic heterocycles. The van der Waals surface area contributed by atoms with Crippen molar-refractivity contribution in [2.24, 2.45) is 0 Å². The van der Waals surface area contributed by atoms with E-state index in [1.165, 1.54) is 18.4 Å². The number of carbonyl (C=O) groups excluding carboxylic acids is 1. The highest BCUT2D eigenvalue weighted by Crippen LogP contribution is 2.28. The lowest BCUT2D eigenvalue weighted by Gasteiger charge is -2.07. The molecule has 0 radical (unpaired) electrons. The molecule has 7 nitrogen and oxygen atoms in total. The molecule has 2 N–H and O–H groups in total. The number of nitrogens with zero attached hydrogens (tertiary/aromatic N) is 3. The van der Waals surface area contributed by atoms with E-state index < -0.39 is 5.97 Å². The van der Waals surface area contributed by atoms with Crippen molar-refractivity contribution in [2.45, 2.75) is 13.5 Å². The van der Waals surface area contributed by atoms with Crippen LogP contribution < -0.4 is 10.6 Å². The van der Waals surface area contributed by atoms with Crippen molar-refractivity contribution in [3.63, 3.8) is 0 Å². The topological polar surface area (TPSA) is 81.1 Å². The summed E-state index contributed by atoms with van der Waals surface area (Å²) < 4.78 is 6.47. The highest BCUT2D eigenvalue weighted by atomic mass is 35.5. The molecule has 0 aliphatic carbocycles. The van der Waals surface area contributed by atoms with E-state index in [2.05, 4.69) is 20.7 Å². The van der Waals surface area contributed by atoms with Gasteiger partial charge in [0.15, 0.2) is 5.11 Å². The number of ether oxygens (including phenoxy) is 1. The predicted molar refractivity (Wildman–Crippen MR) is 111 cm³/mol. The molecule has 3 aromatic rings. The zero-order valence-electron chi connectivity index (χ0n) is 14.5. The van der Waals surface area contributed by atoms with Gasteiger partial charge in [-0.25, -0.2) is 14.5 Å². The average molecular weight is 422 g/mol. The van der Waals surface area contributed by atoms with Gasteiger partial charge in [0.2, 0.25) is 5.95 Å². The molecule has 0 amide bonds. The van der Waals surface area contributed by atoms with Crippen LogP contribution in [0.3, 0.4) is 0 Å². The Morgan fingerprint density at radius 1 is 1.33 bits per heavy atom. The number of halogens is 1. The van der Waals surface area contributed by atoms with Crippen molar-refractivity contribution in [1.82, 2.24) is 14.8 Å². The second kappa shape index (κ2) is 8.47. The second-order valence-corrected chi connectivity index (χ2v) is 7.66. The summed E-state index contributed by atoms with van der Waals surface area (Å²) in [5, 5.41) is 11.8. The van der Waals surface area contributed by atoms with E-state index in [1.807, 2.05) is 31.2 Å². The molecule has 1 aromatic carbocycles. The van der Waals surface area contributed by atoms with Gasteiger partial charge in [-0.1, -0.05) is 23.7 Å². The van der Waals surface area contributed by atoms with Crippen molar-refractivity contribution in [1.29, 1.82) is 0 Å². The number of thiocarbonyl (C=S) groups is 1. The first-order chi connectivity index (χ1) is 12.9. The minimum absolute atomic E-state index is 0.284. The number of hydrogen-bond acceptors (Lipinski definition) is 6. The molecule has 0 bridgehead atoms. The third-order valence-corrected chi connectivity index (χ3v) is 4.93. The van der Waals surface area contributed by atoms with Gasteiger partial charge in [-0.3, -0.25) is 5.32 Å². The van der Waals surface area contributed by atoms with Gasteiger partial charge in [-0.15, -0.1) is 16.4 Å². The first kappa shape index (κ1) is 19.3. The number of methoxy groups -OCH3 is 1. The lowest BCUT2D eigenvalue weighted by atomic mass is 10.2. The molecule has 2 aromatic heterocycles. The molecule has 0 unspecified atom stereocenters. The number of aryl methyl sites for hydroxylation is 1. The van der Waals surface area contributed by atoms with Crippen molar-refractivity contribution >= 4 is 57.2 Å². The minimum Gasteiger partial charge on any atom is -0.465 e. The van der Waals surface area contributed by atoms with Gasteiger partial charge in [0.1, 0.15) is 11.3 Å². The lowest BCUT2D eigenvalue weighted by Crippen LogP contribution is -2.20. The van der Waals surface area contributed by atoms with E-state index in [1.54, 1.807) is 17.1 Å². The van der Waals surface area contributed by atoms with Crippen molar-refractivity contribution < 1.29 is 9.53 Å². The number of esters is 1. The molecule has 0 saturated heterocycles. The number of rotatable bonds is 5. The molecule has 10 heteroatoms. The first-order valence-corrected chi connectivity index (χ1v) is 9.45. The van der Waals surface area contributed by atoms with Crippen LogP contribution in [0.2, 0.25) is 5.02 Å². The Morgan fingerprint density at radius 2 is 2.07 bits per heavy atom. The smallest absolute Gasteiger partial charge is 0.340 e. The molecule has 27 heavy (non-hydrogen) atoms. The molecule has 0 atom stereocenters. The Bertz CT molecular complexity index is 968. The van der Waals surface area contributed by atoms with Gasteiger partial charge in [-0.2, -0.15) is 0 Å². The van der Waals surface area contributed by atoms with E-state index in [9.17, 15) is 4.79 Å². The first-order valence-electron chi connectivity index (χ1n) is 7.85. The van der Waals surface area contributed by atoms with Gasteiger partial charge in [0.05, 0.1) is 19.2 Å². The number of aromatic nitrogens is 3. The predicted octanol–water partition coefficient (Wildman–Crippen LogP) is 3.95. The quantitative estimate of drug-likeness (QED) is 0.477. The number of carbonyl (C=O) groups is 1. The summed E-state index contributed by atoms with van der Waals surface area (Å²) in [5.41, 5.74) is 1.48. The monoisotopic (exact) mass is 421 g/mol. The standard InChI is InChI=1S/C17H16ClN5O2S2/c1-10-7-13(15(24)25-2)14(27-10)20-17(26)21-16-19-9-23(22-16)8-11-3-5-12(18)6-4-11/h3-7,9H,8H2,1-2H3,(H2,20,21,22,26). The van der Waals surface area contributed by atoms with Crippen LogP contribution >= 0.6 is 35.2 Å². The maximum atomic E-state index is 11.8. The Morgan fingerprint density at radius 3 is 2.78 bits per heavy atom. The Balaban J connectivity index is 1.63. The van der Waals surface area contributed by atoms with E-state index >= 15 is 0 Å². The van der Waals surface area contributed by atoms with Crippen LogP contribution in [0.5, 0.6) is 0 Å². The Hall–Kier alpha value is -2.49. The van der Waals surface area contributed by atoms with Crippen molar-refractivity contribution in [3.05, 3.63) is 57.7 Å². The van der Waals surface area contributed by atoms with Crippen LogP contribution in [0.1, 0.15) is 20.8 Å². The normalized spacial score (nSPS) is 10.5. The zero-order chi connectivity index (χ0) is 19.4. The average Bonchev–Trinajstić information content (AvgIpc) is 3.22. The number of nitrogens with one attached hydrogen (secondary N) is 2. The fraction of sp³-hybridized carbons (Fsp3) is 0.176. The summed E-state index contributed by atoms with van der Waals surface area (Å²) in [5.74, 6) is -0.0654. The summed E-state index contributed by atoms with van der Waals surface area (Å²) in [6, 6.07) is 9.26.